The van der Waals surface area contributed by atoms with Gasteiger partial charge in [0.25, 0.3) is 0 Å². The van der Waals surface area contributed by atoms with Gasteiger partial charge in [0, 0.05) is 32.2 Å². The minimum absolute atomic E-state index is 0. The molecule has 2 aromatic rings. The molecular weight excluding hydrogens is 499 g/mol. The summed E-state index contributed by atoms with van der Waals surface area (Å²) in [7, 11) is 0.311. The maximum atomic E-state index is 11.5. The van der Waals surface area contributed by atoms with Gasteiger partial charge in [-0.05, 0) is 29.3 Å². The van der Waals surface area contributed by atoms with Crippen LogP contribution in [0.5, 0.6) is 0 Å². The highest BCUT2D eigenvalue weighted by atomic mass is 127. The minimum Gasteiger partial charge on any atom is -0.352 e. The number of anilines is 1. The Kier molecular flexibility index (Phi) is 9.34. The Labute approximate surface area is 183 Å². The molecule has 9 heteroatoms. The molecule has 148 valence electrons. The van der Waals surface area contributed by atoms with Gasteiger partial charge in [-0.15, -0.1) is 24.0 Å². The van der Waals surface area contributed by atoms with Gasteiger partial charge in [-0.2, -0.15) is 0 Å². The Morgan fingerprint density at radius 1 is 1.15 bits per heavy atom. The van der Waals surface area contributed by atoms with Gasteiger partial charge in [-0.3, -0.25) is 9.71 Å². The van der Waals surface area contributed by atoms with Crippen LogP contribution in [0.4, 0.5) is 5.69 Å². The van der Waals surface area contributed by atoms with E-state index in [4.69, 9.17) is 11.6 Å². The van der Waals surface area contributed by atoms with Crippen LogP contribution in [-0.4, -0.2) is 39.6 Å². The standard InChI is InChI=1S/C18H23ClN4O2S.HI/c1-20-18(23(2)13-14-8-10-16(19)11-9-14)21-12-15-6-4-5-7-17(15)22-26(3,24)25;/h4-11,22H,12-13H2,1-3H3,(H,20,21);1H. The minimum atomic E-state index is -3.33. The van der Waals surface area contributed by atoms with E-state index in [0.29, 0.717) is 29.8 Å². The third-order valence-electron chi connectivity index (χ3n) is 3.66. The first-order valence-corrected chi connectivity index (χ1v) is 10.3. The molecule has 0 saturated carbocycles. The second-order valence-corrected chi connectivity index (χ2v) is 8.10. The Morgan fingerprint density at radius 3 is 2.37 bits per heavy atom. The molecule has 0 aliphatic rings. The molecule has 0 aliphatic carbocycles. The van der Waals surface area contributed by atoms with E-state index in [1.165, 1.54) is 0 Å². The van der Waals surface area contributed by atoms with Crippen molar-refractivity contribution in [3.63, 3.8) is 0 Å². The molecule has 27 heavy (non-hydrogen) atoms. The molecule has 0 bridgehead atoms. The fourth-order valence-corrected chi connectivity index (χ4v) is 3.20. The fraction of sp³-hybridized carbons (Fsp3) is 0.278. The van der Waals surface area contributed by atoms with Crippen LogP contribution in [0.15, 0.2) is 53.5 Å². The molecule has 0 amide bonds. The number of halogens is 2. The number of hydrogen-bond acceptors (Lipinski definition) is 3. The number of sulfonamides is 1. The topological polar surface area (TPSA) is 73.8 Å². The van der Waals surface area contributed by atoms with Crippen molar-refractivity contribution in [2.45, 2.75) is 13.1 Å². The normalized spacial score (nSPS) is 11.5. The Balaban J connectivity index is 0.00000364. The summed E-state index contributed by atoms with van der Waals surface area (Å²) < 4.78 is 25.6. The van der Waals surface area contributed by atoms with Gasteiger partial charge in [0.05, 0.1) is 11.9 Å². The lowest BCUT2D eigenvalue weighted by molar-refractivity contribution is 0.476. The van der Waals surface area contributed by atoms with Crippen LogP contribution in [0.3, 0.4) is 0 Å². The lowest BCUT2D eigenvalue weighted by Crippen LogP contribution is -2.38. The molecule has 0 atom stereocenters. The molecule has 0 fully saturated rings. The first-order chi connectivity index (χ1) is 12.3. The monoisotopic (exact) mass is 522 g/mol. The molecule has 2 rings (SSSR count). The van der Waals surface area contributed by atoms with E-state index < -0.39 is 10.0 Å². The highest BCUT2D eigenvalue weighted by Crippen LogP contribution is 2.16. The van der Waals surface area contributed by atoms with E-state index >= 15 is 0 Å². The van der Waals surface area contributed by atoms with Crippen LogP contribution >= 0.6 is 35.6 Å². The molecule has 0 aliphatic heterocycles. The van der Waals surface area contributed by atoms with E-state index in [9.17, 15) is 8.42 Å². The highest BCUT2D eigenvalue weighted by molar-refractivity contribution is 14.0. The molecule has 0 saturated heterocycles. The molecule has 0 heterocycles. The van der Waals surface area contributed by atoms with Crippen LogP contribution in [0.25, 0.3) is 0 Å². The van der Waals surface area contributed by atoms with Gasteiger partial charge < -0.3 is 10.2 Å². The smallest absolute Gasteiger partial charge is 0.229 e. The molecule has 0 radical (unpaired) electrons. The quantitative estimate of drug-likeness (QED) is 0.346. The Hall–Kier alpha value is -1.52. The highest BCUT2D eigenvalue weighted by Gasteiger charge is 2.10. The lowest BCUT2D eigenvalue weighted by Gasteiger charge is -2.23. The summed E-state index contributed by atoms with van der Waals surface area (Å²) in [5.74, 6) is 0.703. The zero-order valence-corrected chi connectivity index (χ0v) is 19.3. The SMILES string of the molecule is CN=C(NCc1ccccc1NS(C)(=O)=O)N(C)Cc1ccc(Cl)cc1.I. The Bertz CT molecular complexity index is 873. The van der Waals surface area contributed by atoms with Crippen LogP contribution in [0.1, 0.15) is 11.1 Å². The second-order valence-electron chi connectivity index (χ2n) is 5.91. The van der Waals surface area contributed by atoms with Gasteiger partial charge in [-0.25, -0.2) is 8.42 Å². The van der Waals surface area contributed by atoms with E-state index in [1.54, 1.807) is 19.2 Å². The third-order valence-corrected chi connectivity index (χ3v) is 4.50. The molecule has 2 aromatic carbocycles. The van der Waals surface area contributed by atoms with E-state index in [2.05, 4.69) is 15.0 Å². The Morgan fingerprint density at radius 2 is 1.78 bits per heavy atom. The number of hydrogen-bond donors (Lipinski definition) is 2. The van der Waals surface area contributed by atoms with Crippen molar-refractivity contribution in [3.8, 4) is 0 Å². The summed E-state index contributed by atoms with van der Waals surface area (Å²) in [4.78, 5) is 6.27. The maximum absolute atomic E-state index is 11.5. The third kappa shape index (κ3) is 7.94. The van der Waals surface area contributed by atoms with Gasteiger partial charge in [0.2, 0.25) is 10.0 Å². The zero-order chi connectivity index (χ0) is 19.2. The first-order valence-electron chi connectivity index (χ1n) is 8.00. The maximum Gasteiger partial charge on any atom is 0.229 e. The van der Waals surface area contributed by atoms with Crippen LogP contribution in [0, 0.1) is 0 Å². The van der Waals surface area contributed by atoms with Gasteiger partial charge >= 0.3 is 0 Å². The summed E-state index contributed by atoms with van der Waals surface area (Å²) in [6.07, 6.45) is 1.13. The largest absolute Gasteiger partial charge is 0.352 e. The van der Waals surface area contributed by atoms with Crippen molar-refractivity contribution in [2.24, 2.45) is 4.99 Å². The van der Waals surface area contributed by atoms with Crippen molar-refractivity contribution in [3.05, 3.63) is 64.7 Å². The van der Waals surface area contributed by atoms with Crippen molar-refractivity contribution in [1.82, 2.24) is 10.2 Å². The van der Waals surface area contributed by atoms with Crippen molar-refractivity contribution in [2.75, 3.05) is 25.1 Å². The predicted octanol–water partition coefficient (Wildman–Crippen LogP) is 3.54. The molecule has 2 N–H and O–H groups in total. The number of nitrogens with zero attached hydrogens (tertiary/aromatic N) is 2. The van der Waals surface area contributed by atoms with Gasteiger partial charge in [0.15, 0.2) is 5.96 Å². The molecule has 0 aromatic heterocycles. The zero-order valence-electron chi connectivity index (χ0n) is 15.4. The summed E-state index contributed by atoms with van der Waals surface area (Å²) in [6.45, 7) is 1.11. The first kappa shape index (κ1) is 23.5. The van der Waals surface area contributed by atoms with E-state index in [1.807, 2.05) is 48.3 Å². The van der Waals surface area contributed by atoms with Crippen molar-refractivity contribution < 1.29 is 8.42 Å². The summed E-state index contributed by atoms with van der Waals surface area (Å²) in [6, 6.07) is 14.9. The summed E-state index contributed by atoms with van der Waals surface area (Å²) in [5, 5.41) is 3.96. The second kappa shape index (κ2) is 10.7. The number of para-hydroxylation sites is 1. The number of nitrogens with one attached hydrogen (secondary N) is 2. The lowest BCUT2D eigenvalue weighted by atomic mass is 10.2. The van der Waals surface area contributed by atoms with E-state index in [-0.39, 0.29) is 24.0 Å². The van der Waals surface area contributed by atoms with Gasteiger partial charge in [0.1, 0.15) is 0 Å². The summed E-state index contributed by atoms with van der Waals surface area (Å²) in [5.41, 5.74) is 2.50. The molecular formula is C18H24ClIN4O2S. The number of guanidine groups is 1. The fourth-order valence-electron chi connectivity index (χ4n) is 2.47. The number of benzene rings is 2. The molecule has 6 nitrogen and oxygen atoms in total. The number of aliphatic imine (C=N–C) groups is 1. The molecule has 0 unspecified atom stereocenters. The average molecular weight is 523 g/mol. The van der Waals surface area contributed by atoms with Crippen LogP contribution < -0.4 is 10.0 Å². The van der Waals surface area contributed by atoms with Crippen molar-refractivity contribution in [1.29, 1.82) is 0 Å². The summed E-state index contributed by atoms with van der Waals surface area (Å²) >= 11 is 5.92. The average Bonchev–Trinajstić information content (AvgIpc) is 2.57. The van der Waals surface area contributed by atoms with E-state index in [0.717, 1.165) is 17.4 Å². The van der Waals surface area contributed by atoms with Crippen LogP contribution in [-0.2, 0) is 23.1 Å². The molecule has 0 spiro atoms. The van der Waals surface area contributed by atoms with Crippen LogP contribution in [0.2, 0.25) is 5.02 Å². The van der Waals surface area contributed by atoms with Gasteiger partial charge in [-0.1, -0.05) is 41.9 Å². The number of rotatable bonds is 6. The van der Waals surface area contributed by atoms with Crippen molar-refractivity contribution >= 4 is 57.2 Å². The predicted molar refractivity (Wildman–Crippen MR) is 123 cm³/mol.